The van der Waals surface area contributed by atoms with Crippen LogP contribution in [0.1, 0.15) is 0 Å². The first-order valence-electron chi connectivity index (χ1n) is 3.96. The summed E-state index contributed by atoms with van der Waals surface area (Å²) in [5.74, 6) is -0.681. The number of aliphatic hydroxyl groups excluding tert-OH is 1. The van der Waals surface area contributed by atoms with Crippen molar-refractivity contribution < 1.29 is 28.8 Å². The van der Waals surface area contributed by atoms with Crippen molar-refractivity contribution in [3.8, 4) is 0 Å². The first kappa shape index (κ1) is 13.3. The summed E-state index contributed by atoms with van der Waals surface area (Å²) in [6, 6.07) is 0. The average molecular weight is 208 g/mol. The van der Waals surface area contributed by atoms with Crippen LogP contribution in [0.3, 0.4) is 0 Å². The van der Waals surface area contributed by atoms with Gasteiger partial charge >= 0.3 is 5.97 Å². The van der Waals surface area contributed by atoms with Crippen LogP contribution in [0.5, 0.6) is 0 Å². The number of ether oxygens (including phenoxy) is 4. The van der Waals surface area contributed by atoms with Gasteiger partial charge in [0.05, 0.1) is 7.11 Å². The molecule has 0 fully saturated rings. The van der Waals surface area contributed by atoms with Gasteiger partial charge in [-0.2, -0.15) is 0 Å². The Hall–Kier alpha value is -0.690. The van der Waals surface area contributed by atoms with Crippen molar-refractivity contribution in [3.05, 3.63) is 0 Å². The molecule has 6 nitrogen and oxygen atoms in total. The summed E-state index contributed by atoms with van der Waals surface area (Å²) in [5.41, 5.74) is 0. The van der Waals surface area contributed by atoms with Gasteiger partial charge in [-0.05, 0) is 0 Å². The lowest BCUT2D eigenvalue weighted by atomic mass is 10.2. The van der Waals surface area contributed by atoms with Crippen molar-refractivity contribution in [1.29, 1.82) is 0 Å². The standard InChI is InChI=1S/C8H16O6/c1-11-6(7(10)12-2)5(9)8(13-3)14-4/h5-6,8-9H,1-4H3. The summed E-state index contributed by atoms with van der Waals surface area (Å²) >= 11 is 0. The maximum Gasteiger partial charge on any atom is 0.337 e. The van der Waals surface area contributed by atoms with Crippen molar-refractivity contribution in [2.75, 3.05) is 28.4 Å². The zero-order chi connectivity index (χ0) is 11.1. The molecule has 0 heterocycles. The van der Waals surface area contributed by atoms with Crippen LogP contribution in [0.4, 0.5) is 0 Å². The number of hydrogen-bond donors (Lipinski definition) is 1. The van der Waals surface area contributed by atoms with E-state index in [1.165, 1.54) is 28.4 Å². The molecule has 0 aromatic heterocycles. The maximum absolute atomic E-state index is 11.1. The van der Waals surface area contributed by atoms with E-state index in [1.807, 2.05) is 0 Å². The zero-order valence-corrected chi connectivity index (χ0v) is 8.72. The van der Waals surface area contributed by atoms with E-state index in [1.54, 1.807) is 0 Å². The van der Waals surface area contributed by atoms with Crippen molar-refractivity contribution in [3.63, 3.8) is 0 Å². The average Bonchev–Trinajstić information content (AvgIpc) is 2.20. The first-order valence-corrected chi connectivity index (χ1v) is 3.96. The monoisotopic (exact) mass is 208 g/mol. The molecular weight excluding hydrogens is 192 g/mol. The van der Waals surface area contributed by atoms with E-state index in [9.17, 15) is 9.90 Å². The molecule has 0 saturated heterocycles. The summed E-state index contributed by atoms with van der Waals surface area (Å²) in [4.78, 5) is 11.1. The Morgan fingerprint density at radius 1 is 1.07 bits per heavy atom. The van der Waals surface area contributed by atoms with E-state index in [-0.39, 0.29) is 0 Å². The molecule has 84 valence electrons. The molecule has 0 aromatic rings. The molecule has 0 radical (unpaired) electrons. The number of aliphatic hydroxyl groups is 1. The Labute approximate surface area is 82.7 Å². The topological polar surface area (TPSA) is 74.2 Å². The molecule has 14 heavy (non-hydrogen) atoms. The quantitative estimate of drug-likeness (QED) is 0.453. The summed E-state index contributed by atoms with van der Waals surface area (Å²) < 4.78 is 18.8. The molecule has 0 aliphatic carbocycles. The first-order chi connectivity index (χ1) is 6.62. The van der Waals surface area contributed by atoms with E-state index < -0.39 is 24.5 Å². The van der Waals surface area contributed by atoms with E-state index in [2.05, 4.69) is 4.74 Å². The number of methoxy groups -OCH3 is 4. The van der Waals surface area contributed by atoms with Crippen molar-refractivity contribution in [1.82, 2.24) is 0 Å². The Balaban J connectivity index is 4.42. The van der Waals surface area contributed by atoms with Crippen LogP contribution < -0.4 is 0 Å². The van der Waals surface area contributed by atoms with E-state index in [0.29, 0.717) is 0 Å². The molecular formula is C8H16O6. The second kappa shape index (κ2) is 6.72. The van der Waals surface area contributed by atoms with Gasteiger partial charge in [-0.3, -0.25) is 0 Å². The van der Waals surface area contributed by atoms with E-state index >= 15 is 0 Å². The second-order valence-electron chi connectivity index (χ2n) is 2.51. The van der Waals surface area contributed by atoms with Gasteiger partial charge in [0.25, 0.3) is 0 Å². The fraction of sp³-hybridized carbons (Fsp3) is 0.875. The summed E-state index contributed by atoms with van der Waals surface area (Å²) in [6.45, 7) is 0. The maximum atomic E-state index is 11.1. The largest absolute Gasteiger partial charge is 0.467 e. The van der Waals surface area contributed by atoms with Crippen LogP contribution in [-0.4, -0.2) is 58.0 Å². The molecule has 0 bridgehead atoms. The Kier molecular flexibility index (Phi) is 6.39. The minimum absolute atomic E-state index is 0.681. The number of esters is 1. The van der Waals surface area contributed by atoms with Gasteiger partial charge < -0.3 is 24.1 Å². The Bertz CT molecular complexity index is 167. The van der Waals surface area contributed by atoms with Gasteiger partial charge in [0.15, 0.2) is 12.4 Å². The molecule has 0 aliphatic rings. The summed E-state index contributed by atoms with van der Waals surface area (Å²) in [5, 5.41) is 9.59. The molecule has 0 spiro atoms. The van der Waals surface area contributed by atoms with Crippen LogP contribution in [-0.2, 0) is 23.7 Å². The highest BCUT2D eigenvalue weighted by Gasteiger charge is 2.34. The third kappa shape index (κ3) is 3.22. The minimum Gasteiger partial charge on any atom is -0.467 e. The molecule has 1 N–H and O–H groups in total. The smallest absolute Gasteiger partial charge is 0.337 e. The zero-order valence-electron chi connectivity index (χ0n) is 8.72. The highest BCUT2D eigenvalue weighted by molar-refractivity contribution is 5.75. The highest BCUT2D eigenvalue weighted by atomic mass is 16.7. The summed E-state index contributed by atoms with van der Waals surface area (Å²) in [7, 11) is 5.19. The molecule has 0 saturated carbocycles. The highest BCUT2D eigenvalue weighted by Crippen LogP contribution is 2.08. The third-order valence-electron chi connectivity index (χ3n) is 1.74. The lowest BCUT2D eigenvalue weighted by Crippen LogP contribution is -2.45. The van der Waals surface area contributed by atoms with Crippen molar-refractivity contribution >= 4 is 5.97 Å². The van der Waals surface area contributed by atoms with Crippen LogP contribution in [0.15, 0.2) is 0 Å². The van der Waals surface area contributed by atoms with Gasteiger partial charge in [-0.15, -0.1) is 0 Å². The van der Waals surface area contributed by atoms with Crippen LogP contribution in [0.25, 0.3) is 0 Å². The predicted octanol–water partition coefficient (Wildman–Crippen LogP) is -0.846. The lowest BCUT2D eigenvalue weighted by molar-refractivity contribution is -0.204. The molecule has 2 atom stereocenters. The van der Waals surface area contributed by atoms with Crippen LogP contribution in [0, 0.1) is 0 Å². The van der Waals surface area contributed by atoms with Crippen LogP contribution >= 0.6 is 0 Å². The number of rotatable bonds is 6. The Morgan fingerprint density at radius 2 is 1.57 bits per heavy atom. The third-order valence-corrected chi connectivity index (χ3v) is 1.74. The van der Waals surface area contributed by atoms with Gasteiger partial charge in [-0.1, -0.05) is 0 Å². The van der Waals surface area contributed by atoms with Crippen molar-refractivity contribution in [2.45, 2.75) is 18.5 Å². The SMILES string of the molecule is COC(=O)C(OC)C(O)C(OC)OC. The van der Waals surface area contributed by atoms with Crippen molar-refractivity contribution in [2.24, 2.45) is 0 Å². The van der Waals surface area contributed by atoms with Gasteiger partial charge in [-0.25, -0.2) is 4.79 Å². The summed E-state index contributed by atoms with van der Waals surface area (Å²) in [6.07, 6.45) is -3.29. The second-order valence-corrected chi connectivity index (χ2v) is 2.51. The number of carbonyl (C=O) groups excluding carboxylic acids is 1. The fourth-order valence-electron chi connectivity index (χ4n) is 1.01. The fourth-order valence-corrected chi connectivity index (χ4v) is 1.01. The lowest BCUT2D eigenvalue weighted by Gasteiger charge is -2.24. The molecule has 0 amide bonds. The molecule has 0 aromatic carbocycles. The molecule has 0 rings (SSSR count). The Morgan fingerprint density at radius 3 is 1.86 bits per heavy atom. The van der Waals surface area contributed by atoms with Gasteiger partial charge in [0, 0.05) is 21.3 Å². The molecule has 6 heteroatoms. The van der Waals surface area contributed by atoms with Gasteiger partial charge in [0.2, 0.25) is 0 Å². The number of carbonyl (C=O) groups is 1. The van der Waals surface area contributed by atoms with Gasteiger partial charge in [0.1, 0.15) is 6.10 Å². The van der Waals surface area contributed by atoms with Crippen LogP contribution in [0.2, 0.25) is 0 Å². The van der Waals surface area contributed by atoms with E-state index in [4.69, 9.17) is 14.2 Å². The molecule has 2 unspecified atom stereocenters. The minimum atomic E-state index is -1.23. The molecule has 0 aliphatic heterocycles. The van der Waals surface area contributed by atoms with E-state index in [0.717, 1.165) is 0 Å². The predicted molar refractivity (Wildman–Crippen MR) is 46.6 cm³/mol. The normalized spacial score (nSPS) is 15.3. The number of hydrogen-bond acceptors (Lipinski definition) is 6.